The highest BCUT2D eigenvalue weighted by Crippen LogP contribution is 2.15. The molecule has 1 atom stereocenters. The van der Waals surface area contributed by atoms with Gasteiger partial charge < -0.3 is 15.7 Å². The summed E-state index contributed by atoms with van der Waals surface area (Å²) in [7, 11) is 0. The highest BCUT2D eigenvalue weighted by molar-refractivity contribution is 5.82. The molecule has 0 aliphatic carbocycles. The van der Waals surface area contributed by atoms with Gasteiger partial charge in [-0.15, -0.1) is 0 Å². The fraction of sp³-hybridized carbons (Fsp3) is 0.158. The average Bonchev–Trinajstić information content (AvgIpc) is 2.65. The second kappa shape index (κ2) is 7.72. The van der Waals surface area contributed by atoms with Crippen LogP contribution in [0.15, 0.2) is 60.8 Å². The minimum Gasteiger partial charge on any atom is -0.387 e. The lowest BCUT2D eigenvalue weighted by molar-refractivity contribution is 0.173. The monoisotopic (exact) mass is 339 g/mol. The van der Waals surface area contributed by atoms with Crippen molar-refractivity contribution in [3.8, 4) is 0 Å². The molecule has 3 N–H and O–H groups in total. The lowest BCUT2D eigenvalue weighted by atomic mass is 10.1. The summed E-state index contributed by atoms with van der Waals surface area (Å²) in [5.74, 6) is -0.370. The molecule has 5 nitrogen and oxygen atoms in total. The van der Waals surface area contributed by atoms with Crippen LogP contribution >= 0.6 is 0 Å². The molecule has 0 spiro atoms. The summed E-state index contributed by atoms with van der Waals surface area (Å²) in [5.41, 5.74) is 2.30. The number of hydrogen-bond donors (Lipinski definition) is 3. The van der Waals surface area contributed by atoms with E-state index in [4.69, 9.17) is 0 Å². The first-order chi connectivity index (χ1) is 12.1. The zero-order valence-electron chi connectivity index (χ0n) is 13.4. The maximum atomic E-state index is 12.9. The van der Waals surface area contributed by atoms with E-state index in [1.807, 2.05) is 30.3 Å². The number of benzene rings is 2. The molecule has 0 radical (unpaired) electrons. The molecule has 3 rings (SSSR count). The standard InChI is InChI=1S/C19H18FN3O2/c20-16-8-6-13(7-9-16)17(24)12-23-19(25)22-11-15-4-1-3-14-5-2-10-21-18(14)15/h1-10,17,24H,11-12H2,(H2,22,23,25). The summed E-state index contributed by atoms with van der Waals surface area (Å²) >= 11 is 0. The molecule has 1 heterocycles. The van der Waals surface area contributed by atoms with Gasteiger partial charge in [-0.2, -0.15) is 0 Å². The summed E-state index contributed by atoms with van der Waals surface area (Å²) in [6.45, 7) is 0.359. The molecule has 0 saturated heterocycles. The first-order valence-electron chi connectivity index (χ1n) is 7.91. The maximum Gasteiger partial charge on any atom is 0.315 e. The van der Waals surface area contributed by atoms with Gasteiger partial charge >= 0.3 is 6.03 Å². The number of hydrogen-bond acceptors (Lipinski definition) is 3. The number of pyridine rings is 1. The van der Waals surface area contributed by atoms with Gasteiger partial charge in [0.1, 0.15) is 5.82 Å². The van der Waals surface area contributed by atoms with Crippen LogP contribution in [0, 0.1) is 5.82 Å². The normalized spacial score (nSPS) is 11.9. The van der Waals surface area contributed by atoms with E-state index >= 15 is 0 Å². The Labute approximate surface area is 144 Å². The summed E-state index contributed by atoms with van der Waals surface area (Å²) in [6.07, 6.45) is 0.816. The molecular formula is C19H18FN3O2. The summed E-state index contributed by atoms with van der Waals surface area (Å²) in [6, 6.07) is 14.7. The van der Waals surface area contributed by atoms with Crippen LogP contribution in [0.1, 0.15) is 17.2 Å². The Kier molecular flexibility index (Phi) is 5.20. The number of nitrogens with one attached hydrogen (secondary N) is 2. The van der Waals surface area contributed by atoms with Crippen LogP contribution in [-0.4, -0.2) is 22.7 Å². The zero-order chi connectivity index (χ0) is 17.6. The van der Waals surface area contributed by atoms with Gasteiger partial charge in [0.15, 0.2) is 0 Å². The van der Waals surface area contributed by atoms with E-state index < -0.39 is 12.1 Å². The van der Waals surface area contributed by atoms with Crippen molar-refractivity contribution in [3.63, 3.8) is 0 Å². The van der Waals surface area contributed by atoms with Gasteiger partial charge in [0.2, 0.25) is 0 Å². The van der Waals surface area contributed by atoms with Gasteiger partial charge in [-0.05, 0) is 29.3 Å². The molecule has 0 fully saturated rings. The summed E-state index contributed by atoms with van der Waals surface area (Å²) in [4.78, 5) is 16.3. The van der Waals surface area contributed by atoms with E-state index in [-0.39, 0.29) is 12.4 Å². The molecule has 0 aliphatic rings. The highest BCUT2D eigenvalue weighted by atomic mass is 19.1. The minimum atomic E-state index is -0.898. The fourth-order valence-corrected chi connectivity index (χ4v) is 2.54. The van der Waals surface area contributed by atoms with Crippen LogP contribution in [0.5, 0.6) is 0 Å². The van der Waals surface area contributed by atoms with Gasteiger partial charge in [0.05, 0.1) is 11.6 Å². The van der Waals surface area contributed by atoms with Crippen LogP contribution in [0.4, 0.5) is 9.18 Å². The van der Waals surface area contributed by atoms with Crippen LogP contribution in [0.25, 0.3) is 10.9 Å². The Hall–Kier alpha value is -2.99. The van der Waals surface area contributed by atoms with Gasteiger partial charge in [-0.1, -0.05) is 36.4 Å². The van der Waals surface area contributed by atoms with E-state index in [1.165, 1.54) is 24.3 Å². The number of aliphatic hydroxyl groups excluding tert-OH is 1. The molecule has 1 unspecified atom stereocenters. The predicted octanol–water partition coefficient (Wildman–Crippen LogP) is 2.91. The Morgan fingerprint density at radius 1 is 1.08 bits per heavy atom. The molecule has 25 heavy (non-hydrogen) atoms. The Balaban J connectivity index is 1.53. The average molecular weight is 339 g/mol. The topological polar surface area (TPSA) is 74.2 Å². The van der Waals surface area contributed by atoms with Crippen LogP contribution in [0.3, 0.4) is 0 Å². The van der Waals surface area contributed by atoms with E-state index in [9.17, 15) is 14.3 Å². The SMILES string of the molecule is O=C(NCc1cccc2cccnc12)NCC(O)c1ccc(F)cc1. The highest BCUT2D eigenvalue weighted by Gasteiger charge is 2.10. The maximum absolute atomic E-state index is 12.9. The molecule has 2 amide bonds. The lowest BCUT2D eigenvalue weighted by Gasteiger charge is -2.13. The molecule has 0 bridgehead atoms. The quantitative estimate of drug-likeness (QED) is 0.669. The zero-order valence-corrected chi connectivity index (χ0v) is 13.4. The Bertz CT molecular complexity index is 863. The van der Waals surface area contributed by atoms with Gasteiger partial charge in [-0.25, -0.2) is 9.18 Å². The van der Waals surface area contributed by atoms with E-state index in [0.29, 0.717) is 12.1 Å². The number of urea groups is 1. The van der Waals surface area contributed by atoms with Gasteiger partial charge in [-0.3, -0.25) is 4.98 Å². The third kappa shape index (κ3) is 4.30. The molecule has 128 valence electrons. The second-order valence-electron chi connectivity index (χ2n) is 5.62. The third-order valence-corrected chi connectivity index (χ3v) is 3.87. The number of halogens is 1. The van der Waals surface area contributed by atoms with Crippen molar-refractivity contribution in [2.24, 2.45) is 0 Å². The molecule has 0 aliphatic heterocycles. The third-order valence-electron chi connectivity index (χ3n) is 3.87. The van der Waals surface area contributed by atoms with Crippen molar-refractivity contribution in [2.45, 2.75) is 12.6 Å². The number of nitrogens with zero attached hydrogens (tertiary/aromatic N) is 1. The van der Waals surface area contributed by atoms with Crippen molar-refractivity contribution in [1.82, 2.24) is 15.6 Å². The molecule has 6 heteroatoms. The number of rotatable bonds is 5. The minimum absolute atomic E-state index is 0.0330. The molecular weight excluding hydrogens is 321 g/mol. The molecule has 2 aromatic carbocycles. The van der Waals surface area contributed by atoms with Crippen molar-refractivity contribution >= 4 is 16.9 Å². The number of carbonyl (C=O) groups is 1. The number of aromatic nitrogens is 1. The van der Waals surface area contributed by atoms with Crippen molar-refractivity contribution in [2.75, 3.05) is 6.54 Å². The number of aliphatic hydroxyl groups is 1. The fourth-order valence-electron chi connectivity index (χ4n) is 2.54. The number of para-hydroxylation sites is 1. The van der Waals surface area contributed by atoms with E-state index in [2.05, 4.69) is 15.6 Å². The van der Waals surface area contributed by atoms with E-state index in [0.717, 1.165) is 16.5 Å². The summed E-state index contributed by atoms with van der Waals surface area (Å²) < 4.78 is 12.9. The predicted molar refractivity (Wildman–Crippen MR) is 93.3 cm³/mol. The first-order valence-corrected chi connectivity index (χ1v) is 7.91. The van der Waals surface area contributed by atoms with E-state index in [1.54, 1.807) is 6.20 Å². The van der Waals surface area contributed by atoms with Crippen LogP contribution in [0.2, 0.25) is 0 Å². The van der Waals surface area contributed by atoms with Crippen LogP contribution in [-0.2, 0) is 6.54 Å². The number of carbonyl (C=O) groups excluding carboxylic acids is 1. The van der Waals surface area contributed by atoms with Crippen molar-refractivity contribution in [1.29, 1.82) is 0 Å². The largest absolute Gasteiger partial charge is 0.387 e. The second-order valence-corrected chi connectivity index (χ2v) is 5.62. The van der Waals surface area contributed by atoms with Crippen LogP contribution < -0.4 is 10.6 Å². The molecule has 3 aromatic rings. The summed E-state index contributed by atoms with van der Waals surface area (Å²) in [5, 5.41) is 16.4. The lowest BCUT2D eigenvalue weighted by Crippen LogP contribution is -2.37. The number of fused-ring (bicyclic) bond motifs is 1. The van der Waals surface area contributed by atoms with Crippen molar-refractivity contribution < 1.29 is 14.3 Å². The molecule has 1 aromatic heterocycles. The smallest absolute Gasteiger partial charge is 0.315 e. The Morgan fingerprint density at radius 2 is 1.84 bits per heavy atom. The number of amides is 2. The van der Waals surface area contributed by atoms with Crippen molar-refractivity contribution in [3.05, 3.63) is 77.7 Å². The molecule has 0 saturated carbocycles. The van der Waals surface area contributed by atoms with Gasteiger partial charge in [0.25, 0.3) is 0 Å². The Morgan fingerprint density at radius 3 is 2.64 bits per heavy atom. The van der Waals surface area contributed by atoms with Gasteiger partial charge in [0, 0.05) is 24.7 Å². The first kappa shape index (κ1) is 16.9.